The highest BCUT2D eigenvalue weighted by atomic mass is 79.9. The van der Waals surface area contributed by atoms with Crippen molar-refractivity contribution in [1.82, 2.24) is 0 Å². The molecule has 0 N–H and O–H groups in total. The van der Waals surface area contributed by atoms with Crippen LogP contribution >= 0.6 is 31.9 Å². The highest BCUT2D eigenvalue weighted by Crippen LogP contribution is 2.05. The second kappa shape index (κ2) is 5.71. The first-order chi connectivity index (χ1) is 5.13. The van der Waals surface area contributed by atoms with Crippen LogP contribution in [0.1, 0.15) is 6.92 Å². The van der Waals surface area contributed by atoms with E-state index in [-0.39, 0.29) is 17.7 Å². The summed E-state index contributed by atoms with van der Waals surface area (Å²) in [5, 5.41) is 0.154. The lowest BCUT2D eigenvalue weighted by atomic mass is 10.3. The first-order valence-electron chi connectivity index (χ1n) is 3.02. The Hall–Kier alpha value is 0.1000. The molecule has 5 heteroatoms. The van der Waals surface area contributed by atoms with Crippen LogP contribution in [0.2, 0.25) is 0 Å². The summed E-state index contributed by atoms with van der Waals surface area (Å²) in [4.78, 5) is 20.8. The second-order valence-corrected chi connectivity index (χ2v) is 3.19. The molecule has 0 bridgehead atoms. The maximum Gasteiger partial charge on any atom is 0.327 e. The summed E-state index contributed by atoms with van der Waals surface area (Å²) < 4.78 is 4.60. The molecular formula is C6H8Br2O3. The van der Waals surface area contributed by atoms with Gasteiger partial charge in [-0.3, -0.25) is 9.59 Å². The number of carbonyl (C=O) groups is 2. The fourth-order valence-corrected chi connectivity index (χ4v) is 1.47. The summed E-state index contributed by atoms with van der Waals surface area (Å²) in [6.45, 7) is 1.98. The smallest absolute Gasteiger partial charge is 0.327 e. The van der Waals surface area contributed by atoms with Crippen LogP contribution in [-0.4, -0.2) is 28.5 Å². The summed E-state index contributed by atoms with van der Waals surface area (Å²) in [5.74, 6) is -0.764. The van der Waals surface area contributed by atoms with Gasteiger partial charge in [0, 0.05) is 0 Å². The van der Waals surface area contributed by atoms with Gasteiger partial charge in [-0.1, -0.05) is 31.9 Å². The largest absolute Gasteiger partial charge is 0.465 e. The predicted octanol–water partition coefficient (Wildman–Crippen LogP) is 1.28. The number of rotatable bonds is 4. The predicted molar refractivity (Wildman–Crippen MR) is 48.1 cm³/mol. The van der Waals surface area contributed by atoms with E-state index >= 15 is 0 Å². The van der Waals surface area contributed by atoms with Gasteiger partial charge < -0.3 is 4.74 Å². The quantitative estimate of drug-likeness (QED) is 0.444. The minimum absolute atomic E-state index is 0.154. The van der Waals surface area contributed by atoms with Crippen molar-refractivity contribution in [2.24, 2.45) is 0 Å². The fraction of sp³-hybridized carbons (Fsp3) is 0.667. The summed E-state index contributed by atoms with van der Waals surface area (Å²) in [6.07, 6.45) is 0. The van der Waals surface area contributed by atoms with Gasteiger partial charge >= 0.3 is 5.97 Å². The molecule has 0 rings (SSSR count). The Morgan fingerprint density at radius 2 is 2.09 bits per heavy atom. The van der Waals surface area contributed by atoms with Crippen LogP contribution in [0.3, 0.4) is 0 Å². The van der Waals surface area contributed by atoms with Gasteiger partial charge in [0.15, 0.2) is 10.6 Å². The normalized spacial score (nSPS) is 12.3. The molecule has 1 atom stereocenters. The van der Waals surface area contributed by atoms with Crippen LogP contribution in [0.15, 0.2) is 0 Å². The Labute approximate surface area is 81.7 Å². The van der Waals surface area contributed by atoms with Gasteiger partial charge in [-0.25, -0.2) is 0 Å². The third kappa shape index (κ3) is 3.86. The van der Waals surface area contributed by atoms with E-state index in [2.05, 4.69) is 36.6 Å². The molecule has 0 aliphatic rings. The summed E-state index contributed by atoms with van der Waals surface area (Å²) in [5.41, 5.74) is 0. The molecule has 3 nitrogen and oxygen atoms in total. The number of ketones is 1. The Morgan fingerprint density at radius 1 is 1.55 bits per heavy atom. The van der Waals surface area contributed by atoms with E-state index < -0.39 is 10.8 Å². The minimum Gasteiger partial charge on any atom is -0.465 e. The number of ether oxygens (including phenoxy) is 1. The van der Waals surface area contributed by atoms with E-state index in [1.165, 1.54) is 0 Å². The topological polar surface area (TPSA) is 43.4 Å². The third-order valence-electron chi connectivity index (χ3n) is 0.908. The molecule has 11 heavy (non-hydrogen) atoms. The number of halogens is 2. The monoisotopic (exact) mass is 286 g/mol. The van der Waals surface area contributed by atoms with Crippen molar-refractivity contribution in [3.8, 4) is 0 Å². The Bertz CT molecular complexity index is 158. The van der Waals surface area contributed by atoms with Crippen molar-refractivity contribution in [3.63, 3.8) is 0 Å². The molecule has 0 aliphatic heterocycles. The molecule has 0 aromatic rings. The molecule has 0 saturated carbocycles. The summed E-state index contributed by atoms with van der Waals surface area (Å²) in [6, 6.07) is 0. The highest BCUT2D eigenvalue weighted by molar-refractivity contribution is 9.10. The number of hydrogen-bond donors (Lipinski definition) is 0. The van der Waals surface area contributed by atoms with Crippen molar-refractivity contribution in [2.75, 3.05) is 11.9 Å². The van der Waals surface area contributed by atoms with Crippen LogP contribution in [-0.2, 0) is 14.3 Å². The molecule has 0 aliphatic carbocycles. The van der Waals surface area contributed by atoms with Crippen LogP contribution in [0, 0.1) is 0 Å². The number of Topliss-reactive ketones (excluding diaryl/α,β-unsaturated/α-hetero) is 1. The molecule has 0 aromatic heterocycles. The lowest BCUT2D eigenvalue weighted by Crippen LogP contribution is -2.27. The highest BCUT2D eigenvalue weighted by Gasteiger charge is 2.22. The van der Waals surface area contributed by atoms with Crippen molar-refractivity contribution in [3.05, 3.63) is 0 Å². The van der Waals surface area contributed by atoms with Gasteiger partial charge in [0.1, 0.15) is 0 Å². The number of esters is 1. The average molecular weight is 288 g/mol. The van der Waals surface area contributed by atoms with E-state index in [0.717, 1.165) is 0 Å². The summed E-state index contributed by atoms with van der Waals surface area (Å²) >= 11 is 5.86. The van der Waals surface area contributed by atoms with Crippen LogP contribution < -0.4 is 0 Å². The zero-order chi connectivity index (χ0) is 8.85. The van der Waals surface area contributed by atoms with Crippen LogP contribution in [0.4, 0.5) is 0 Å². The van der Waals surface area contributed by atoms with Crippen LogP contribution in [0.5, 0.6) is 0 Å². The molecule has 64 valence electrons. The van der Waals surface area contributed by atoms with E-state index in [9.17, 15) is 9.59 Å². The molecule has 0 fully saturated rings. The van der Waals surface area contributed by atoms with Crippen molar-refractivity contribution < 1.29 is 14.3 Å². The van der Waals surface area contributed by atoms with Crippen molar-refractivity contribution in [1.29, 1.82) is 0 Å². The van der Waals surface area contributed by atoms with Crippen molar-refractivity contribution >= 4 is 43.6 Å². The molecule has 0 amide bonds. The number of carbonyl (C=O) groups excluding carboxylic acids is 2. The minimum atomic E-state index is -0.832. The van der Waals surface area contributed by atoms with Gasteiger partial charge in [-0.05, 0) is 6.92 Å². The molecule has 0 spiro atoms. The zero-order valence-corrected chi connectivity index (χ0v) is 9.14. The van der Waals surface area contributed by atoms with Gasteiger partial charge in [-0.2, -0.15) is 0 Å². The van der Waals surface area contributed by atoms with E-state index in [1.54, 1.807) is 6.92 Å². The molecule has 0 unspecified atom stereocenters. The van der Waals surface area contributed by atoms with Gasteiger partial charge in [0.2, 0.25) is 0 Å². The van der Waals surface area contributed by atoms with Crippen LogP contribution in [0.25, 0.3) is 0 Å². The third-order valence-corrected chi connectivity index (χ3v) is 2.35. The Morgan fingerprint density at radius 3 is 2.45 bits per heavy atom. The lowest BCUT2D eigenvalue weighted by Gasteiger charge is -2.04. The van der Waals surface area contributed by atoms with E-state index in [1.807, 2.05) is 0 Å². The Balaban J connectivity index is 3.91. The first kappa shape index (κ1) is 11.1. The Kier molecular flexibility index (Phi) is 5.76. The standard InChI is InChI=1S/C6H8Br2O3/c1-2-11-6(10)5(8)4(9)3-7/h5H,2-3H2,1H3/t5-/m1/s1. The van der Waals surface area contributed by atoms with Gasteiger partial charge in [-0.15, -0.1) is 0 Å². The van der Waals surface area contributed by atoms with E-state index in [4.69, 9.17) is 0 Å². The average Bonchev–Trinajstić information content (AvgIpc) is 2.02. The molecular weight excluding hydrogens is 280 g/mol. The summed E-state index contributed by atoms with van der Waals surface area (Å²) in [7, 11) is 0. The lowest BCUT2D eigenvalue weighted by molar-refractivity contribution is -0.144. The fourth-order valence-electron chi connectivity index (χ4n) is 0.415. The molecule has 0 radical (unpaired) electrons. The molecule has 0 saturated heterocycles. The first-order valence-corrected chi connectivity index (χ1v) is 5.06. The zero-order valence-electron chi connectivity index (χ0n) is 5.97. The molecule has 0 heterocycles. The number of alkyl halides is 2. The maximum atomic E-state index is 10.8. The number of hydrogen-bond acceptors (Lipinski definition) is 3. The maximum absolute atomic E-state index is 10.8. The van der Waals surface area contributed by atoms with Gasteiger partial charge in [0.25, 0.3) is 0 Å². The van der Waals surface area contributed by atoms with Gasteiger partial charge in [0.05, 0.1) is 11.9 Å². The molecule has 0 aromatic carbocycles. The van der Waals surface area contributed by atoms with E-state index in [0.29, 0.717) is 0 Å². The SMILES string of the molecule is CCOC(=O)[C@H](Br)C(=O)CBr. The van der Waals surface area contributed by atoms with Crippen molar-refractivity contribution in [2.45, 2.75) is 11.8 Å². The second-order valence-electron chi connectivity index (χ2n) is 1.71.